The predicted molar refractivity (Wildman–Crippen MR) is 253 cm³/mol. The zero-order valence-corrected chi connectivity index (χ0v) is 32.0. The molecule has 0 atom stereocenters. The third-order valence-electron chi connectivity index (χ3n) is 12.8. The molecule has 12 aromatic carbocycles. The fourth-order valence-corrected chi connectivity index (χ4v) is 10.0. The molecule has 0 radical (unpaired) electrons. The van der Waals surface area contributed by atoms with Crippen LogP contribution in [0.1, 0.15) is 0 Å². The van der Waals surface area contributed by atoms with Crippen molar-refractivity contribution in [1.29, 1.82) is 0 Å². The topological polar surface area (TPSA) is 13.1 Å². The van der Waals surface area contributed by atoms with E-state index < -0.39 is 0 Å². The maximum atomic E-state index is 6.42. The summed E-state index contributed by atoms with van der Waals surface area (Å²) in [5.41, 5.74) is 9.07. The molecule has 0 aliphatic rings. The van der Waals surface area contributed by atoms with Crippen LogP contribution in [0, 0.1) is 0 Å². The van der Waals surface area contributed by atoms with Crippen LogP contribution in [0.3, 0.4) is 0 Å². The molecular formula is C58H34O. The van der Waals surface area contributed by atoms with E-state index in [0.29, 0.717) is 0 Å². The van der Waals surface area contributed by atoms with E-state index >= 15 is 0 Å². The van der Waals surface area contributed by atoms with Crippen molar-refractivity contribution in [2.45, 2.75) is 0 Å². The highest BCUT2D eigenvalue weighted by molar-refractivity contribution is 6.33. The molecule has 0 amide bonds. The highest BCUT2D eigenvalue weighted by atomic mass is 16.3. The molecule has 1 heterocycles. The first-order valence-electron chi connectivity index (χ1n) is 20.4. The Kier molecular flexibility index (Phi) is 6.79. The fourth-order valence-electron chi connectivity index (χ4n) is 10.0. The molecule has 13 aromatic rings. The van der Waals surface area contributed by atoms with E-state index in [1.165, 1.54) is 109 Å². The van der Waals surface area contributed by atoms with Crippen molar-refractivity contribution in [2.24, 2.45) is 0 Å². The van der Waals surface area contributed by atoms with Crippen LogP contribution in [0.25, 0.3) is 131 Å². The summed E-state index contributed by atoms with van der Waals surface area (Å²) < 4.78 is 6.42. The van der Waals surface area contributed by atoms with E-state index in [9.17, 15) is 0 Å². The second-order valence-electron chi connectivity index (χ2n) is 16.0. The summed E-state index contributed by atoms with van der Waals surface area (Å²) in [7, 11) is 0. The second-order valence-corrected chi connectivity index (χ2v) is 16.0. The van der Waals surface area contributed by atoms with Crippen LogP contribution in [0.15, 0.2) is 211 Å². The average molecular weight is 747 g/mol. The third-order valence-corrected chi connectivity index (χ3v) is 12.8. The SMILES string of the molecule is c1ccc2c(c1)cc(-c1ccc3oc4ccc(-c5ccc6cc(-c7cc8c9ccccc9c9ccccc9c8c8ccccc78)ccc6c5)cc4c3c1)c1ccccc12. The molecule has 0 N–H and O–H groups in total. The Labute approximate surface area is 340 Å². The molecule has 1 nitrogen and oxygen atoms in total. The number of hydrogen-bond acceptors (Lipinski definition) is 1. The smallest absolute Gasteiger partial charge is 0.135 e. The van der Waals surface area contributed by atoms with Crippen LogP contribution >= 0.6 is 0 Å². The lowest BCUT2D eigenvalue weighted by Crippen LogP contribution is -1.89. The number of furan rings is 1. The van der Waals surface area contributed by atoms with Gasteiger partial charge in [0.1, 0.15) is 11.2 Å². The maximum Gasteiger partial charge on any atom is 0.135 e. The van der Waals surface area contributed by atoms with Crippen molar-refractivity contribution in [3.8, 4) is 33.4 Å². The molecule has 0 fully saturated rings. The van der Waals surface area contributed by atoms with Crippen molar-refractivity contribution in [3.63, 3.8) is 0 Å². The van der Waals surface area contributed by atoms with Gasteiger partial charge in [0.05, 0.1) is 0 Å². The zero-order chi connectivity index (χ0) is 38.6. The molecule has 0 aliphatic carbocycles. The van der Waals surface area contributed by atoms with Gasteiger partial charge in [-0.2, -0.15) is 0 Å². The number of rotatable bonds is 3. The lowest BCUT2D eigenvalue weighted by molar-refractivity contribution is 0.669. The number of hydrogen-bond donors (Lipinski definition) is 0. The minimum absolute atomic E-state index is 0.901. The van der Waals surface area contributed by atoms with Gasteiger partial charge in [0.25, 0.3) is 0 Å². The van der Waals surface area contributed by atoms with E-state index in [1.807, 2.05) is 0 Å². The number of benzene rings is 12. The highest BCUT2D eigenvalue weighted by Crippen LogP contribution is 2.44. The van der Waals surface area contributed by atoms with E-state index in [2.05, 4.69) is 206 Å². The first kappa shape index (κ1) is 32.4. The van der Waals surface area contributed by atoms with Crippen molar-refractivity contribution < 1.29 is 4.42 Å². The van der Waals surface area contributed by atoms with Crippen LogP contribution < -0.4 is 0 Å². The summed E-state index contributed by atoms with van der Waals surface area (Å²) in [6.07, 6.45) is 0. The second kappa shape index (κ2) is 12.4. The molecular weight excluding hydrogens is 713 g/mol. The first-order chi connectivity index (χ1) is 29.2. The molecule has 1 aromatic heterocycles. The highest BCUT2D eigenvalue weighted by Gasteiger charge is 2.17. The van der Waals surface area contributed by atoms with Gasteiger partial charge >= 0.3 is 0 Å². The molecule has 272 valence electrons. The van der Waals surface area contributed by atoms with Crippen molar-refractivity contribution in [1.82, 2.24) is 0 Å². The van der Waals surface area contributed by atoms with Gasteiger partial charge in [0.2, 0.25) is 0 Å². The summed E-state index contributed by atoms with van der Waals surface area (Å²) in [6, 6.07) is 75.9. The first-order valence-corrected chi connectivity index (χ1v) is 20.4. The third kappa shape index (κ3) is 4.86. The minimum Gasteiger partial charge on any atom is -0.456 e. The summed E-state index contributed by atoms with van der Waals surface area (Å²) in [6.45, 7) is 0. The summed E-state index contributed by atoms with van der Waals surface area (Å²) in [4.78, 5) is 0. The summed E-state index contributed by atoms with van der Waals surface area (Å²) in [5.74, 6) is 0. The molecule has 0 spiro atoms. The lowest BCUT2D eigenvalue weighted by Gasteiger charge is -2.16. The van der Waals surface area contributed by atoms with Crippen LogP contribution in [0.4, 0.5) is 0 Å². The van der Waals surface area contributed by atoms with E-state index in [-0.39, 0.29) is 0 Å². The fraction of sp³-hybridized carbons (Fsp3) is 0. The van der Waals surface area contributed by atoms with E-state index in [0.717, 1.165) is 21.9 Å². The minimum atomic E-state index is 0.901. The monoisotopic (exact) mass is 746 g/mol. The standard InChI is InChI=1S/C58H34O/c1-2-12-42-39(11-1)32-51(46-16-5-3-13-43(42)46)41-26-28-57-54(33-41)53-31-38(25-27-56(53)59-57)36-21-22-37-30-40(24-23-35(37)29-36)52-34-55-47-17-6-4-14-44(47)45-15-7-9-19-49(45)58(55)50-20-10-8-18-48(50)52/h1-34H. The van der Waals surface area contributed by atoms with Crippen LogP contribution in [-0.4, -0.2) is 0 Å². The molecule has 59 heavy (non-hydrogen) atoms. The Bertz CT molecular complexity index is 3900. The van der Waals surface area contributed by atoms with E-state index in [1.54, 1.807) is 0 Å². The van der Waals surface area contributed by atoms with Gasteiger partial charge in [-0.3, -0.25) is 0 Å². The molecule has 0 bridgehead atoms. The van der Waals surface area contributed by atoms with Crippen molar-refractivity contribution in [2.75, 3.05) is 0 Å². The van der Waals surface area contributed by atoms with Crippen molar-refractivity contribution in [3.05, 3.63) is 206 Å². The van der Waals surface area contributed by atoms with Gasteiger partial charge in [-0.15, -0.1) is 0 Å². The van der Waals surface area contributed by atoms with E-state index in [4.69, 9.17) is 4.42 Å². The molecule has 13 rings (SSSR count). The quantitative estimate of drug-likeness (QED) is 0.164. The normalized spacial score (nSPS) is 12.1. The molecule has 0 saturated carbocycles. The Morgan fingerprint density at radius 3 is 1.32 bits per heavy atom. The Morgan fingerprint density at radius 2 is 0.627 bits per heavy atom. The van der Waals surface area contributed by atoms with Gasteiger partial charge < -0.3 is 4.42 Å². The van der Waals surface area contributed by atoms with Gasteiger partial charge in [-0.05, 0) is 157 Å². The van der Waals surface area contributed by atoms with Crippen LogP contribution in [0.2, 0.25) is 0 Å². The Balaban J connectivity index is 0.928. The van der Waals surface area contributed by atoms with Crippen molar-refractivity contribution >= 4 is 97.3 Å². The van der Waals surface area contributed by atoms with Gasteiger partial charge in [0, 0.05) is 10.8 Å². The maximum absolute atomic E-state index is 6.42. The molecule has 1 heteroatoms. The Morgan fingerprint density at radius 1 is 0.220 bits per heavy atom. The average Bonchev–Trinajstić information content (AvgIpc) is 3.68. The molecule has 0 aliphatic heterocycles. The lowest BCUT2D eigenvalue weighted by atomic mass is 9.87. The van der Waals surface area contributed by atoms with Gasteiger partial charge in [0.15, 0.2) is 0 Å². The van der Waals surface area contributed by atoms with Gasteiger partial charge in [-0.25, -0.2) is 0 Å². The van der Waals surface area contributed by atoms with Gasteiger partial charge in [-0.1, -0.05) is 158 Å². The van der Waals surface area contributed by atoms with Crippen LogP contribution in [0.5, 0.6) is 0 Å². The summed E-state index contributed by atoms with van der Waals surface area (Å²) in [5, 5.41) is 20.1. The summed E-state index contributed by atoms with van der Waals surface area (Å²) >= 11 is 0. The molecule has 0 saturated heterocycles. The van der Waals surface area contributed by atoms with Crippen LogP contribution in [-0.2, 0) is 0 Å². The molecule has 0 unspecified atom stereocenters. The number of fused-ring (bicyclic) bond motifs is 15. The predicted octanol–water partition coefficient (Wildman–Crippen LogP) is 16.7. The largest absolute Gasteiger partial charge is 0.456 e. The zero-order valence-electron chi connectivity index (χ0n) is 32.0. The Hall–Kier alpha value is -7.74.